The first-order valence-electron chi connectivity index (χ1n) is 6.45. The van der Waals surface area contributed by atoms with Gasteiger partial charge in [-0.15, -0.1) is 0 Å². The summed E-state index contributed by atoms with van der Waals surface area (Å²) in [5.74, 6) is 3.41. The molecule has 1 unspecified atom stereocenters. The van der Waals surface area contributed by atoms with E-state index in [1.807, 2.05) is 18.7 Å². The molecule has 0 aliphatic carbocycles. The van der Waals surface area contributed by atoms with E-state index in [2.05, 4.69) is 27.6 Å². The highest BCUT2D eigenvalue weighted by molar-refractivity contribution is 7.98. The van der Waals surface area contributed by atoms with E-state index < -0.39 is 0 Å². The molecule has 1 aromatic heterocycles. The van der Waals surface area contributed by atoms with Crippen LogP contribution in [0, 0.1) is 6.92 Å². The molecule has 1 atom stereocenters. The first-order valence-corrected chi connectivity index (χ1v) is 7.85. The zero-order valence-corrected chi connectivity index (χ0v) is 11.9. The van der Waals surface area contributed by atoms with Gasteiger partial charge in [0.05, 0.1) is 12.3 Å². The molecule has 18 heavy (non-hydrogen) atoms. The van der Waals surface area contributed by atoms with Crippen LogP contribution in [0.2, 0.25) is 0 Å². The second-order valence-electron chi connectivity index (χ2n) is 4.56. The monoisotopic (exact) mass is 267 g/mol. The Kier molecular flexibility index (Phi) is 5.26. The Balaban J connectivity index is 1.97. The number of nitrogens with zero attached hydrogens (tertiary/aromatic N) is 2. The van der Waals surface area contributed by atoms with Gasteiger partial charge in [0.15, 0.2) is 0 Å². The minimum absolute atomic E-state index is 0.443. The van der Waals surface area contributed by atoms with Crippen LogP contribution < -0.4 is 5.32 Å². The third-order valence-corrected chi connectivity index (χ3v) is 3.73. The van der Waals surface area contributed by atoms with Crippen LogP contribution in [0.5, 0.6) is 0 Å². The number of thioether (sulfide) groups is 1. The molecule has 0 spiro atoms. The predicted octanol–water partition coefficient (Wildman–Crippen LogP) is 2.45. The number of anilines is 1. The van der Waals surface area contributed by atoms with Crippen molar-refractivity contribution >= 4 is 17.6 Å². The first-order chi connectivity index (χ1) is 8.79. The highest BCUT2D eigenvalue weighted by Crippen LogP contribution is 2.24. The molecular weight excluding hydrogens is 246 g/mol. The average Bonchev–Trinajstić information content (AvgIpc) is 2.88. The van der Waals surface area contributed by atoms with E-state index in [0.29, 0.717) is 5.92 Å². The summed E-state index contributed by atoms with van der Waals surface area (Å²) in [4.78, 5) is 8.96. The van der Waals surface area contributed by atoms with Crippen LogP contribution in [-0.2, 0) is 4.74 Å². The van der Waals surface area contributed by atoms with E-state index in [1.54, 1.807) is 0 Å². The van der Waals surface area contributed by atoms with Gasteiger partial charge in [-0.3, -0.25) is 0 Å². The van der Waals surface area contributed by atoms with Gasteiger partial charge in [0.25, 0.3) is 0 Å². The molecule has 1 fully saturated rings. The Morgan fingerprint density at radius 3 is 3.11 bits per heavy atom. The standard InChI is InChI=1S/C13H21N3OS/c1-10-15-12(11-4-6-17-9-11)8-13(16-10)14-5-3-7-18-2/h8,11H,3-7,9H2,1-2H3,(H,14,15,16). The van der Waals surface area contributed by atoms with E-state index in [9.17, 15) is 0 Å². The number of hydrogen-bond acceptors (Lipinski definition) is 5. The van der Waals surface area contributed by atoms with Crippen molar-refractivity contribution in [3.63, 3.8) is 0 Å². The zero-order chi connectivity index (χ0) is 12.8. The summed E-state index contributed by atoms with van der Waals surface area (Å²) in [6, 6.07) is 2.07. The van der Waals surface area contributed by atoms with Gasteiger partial charge in [0.1, 0.15) is 11.6 Å². The molecule has 0 saturated carbocycles. The fourth-order valence-electron chi connectivity index (χ4n) is 2.09. The molecule has 100 valence electrons. The number of rotatable bonds is 6. The maximum atomic E-state index is 5.42. The molecule has 5 heteroatoms. The third kappa shape index (κ3) is 3.85. The normalized spacial score (nSPS) is 19.1. The molecule has 0 bridgehead atoms. The van der Waals surface area contributed by atoms with Gasteiger partial charge in [-0.2, -0.15) is 11.8 Å². The molecule has 2 heterocycles. The molecule has 1 saturated heterocycles. The van der Waals surface area contributed by atoms with Crippen molar-refractivity contribution in [2.75, 3.05) is 37.1 Å². The van der Waals surface area contributed by atoms with Crippen molar-refractivity contribution in [3.05, 3.63) is 17.6 Å². The van der Waals surface area contributed by atoms with Gasteiger partial charge in [-0.1, -0.05) is 0 Å². The van der Waals surface area contributed by atoms with Crippen LogP contribution in [0.3, 0.4) is 0 Å². The van der Waals surface area contributed by atoms with Crippen LogP contribution in [-0.4, -0.2) is 41.7 Å². The Morgan fingerprint density at radius 1 is 1.50 bits per heavy atom. The van der Waals surface area contributed by atoms with E-state index in [0.717, 1.165) is 49.9 Å². The van der Waals surface area contributed by atoms with Crippen molar-refractivity contribution < 1.29 is 4.74 Å². The van der Waals surface area contributed by atoms with Crippen LogP contribution in [0.1, 0.15) is 30.3 Å². The maximum absolute atomic E-state index is 5.42. The average molecular weight is 267 g/mol. The Bertz CT molecular complexity index is 380. The number of aryl methyl sites for hydroxylation is 1. The van der Waals surface area contributed by atoms with Gasteiger partial charge in [-0.25, -0.2) is 9.97 Å². The van der Waals surface area contributed by atoms with Crippen molar-refractivity contribution in [2.24, 2.45) is 0 Å². The van der Waals surface area contributed by atoms with Crippen molar-refractivity contribution in [3.8, 4) is 0 Å². The molecule has 0 amide bonds. The van der Waals surface area contributed by atoms with Crippen LogP contribution >= 0.6 is 11.8 Å². The molecule has 0 aromatic carbocycles. The molecule has 2 rings (SSSR count). The summed E-state index contributed by atoms with van der Waals surface area (Å²) in [6.45, 7) is 4.57. The zero-order valence-electron chi connectivity index (χ0n) is 11.1. The number of ether oxygens (including phenoxy) is 1. The fourth-order valence-corrected chi connectivity index (χ4v) is 2.52. The first kappa shape index (κ1) is 13.6. The fraction of sp³-hybridized carbons (Fsp3) is 0.692. The molecule has 1 aliphatic rings. The minimum Gasteiger partial charge on any atom is -0.381 e. The SMILES string of the molecule is CSCCCNc1cc(C2CCOC2)nc(C)n1. The lowest BCUT2D eigenvalue weighted by atomic mass is 10.0. The number of aromatic nitrogens is 2. The predicted molar refractivity (Wildman–Crippen MR) is 76.4 cm³/mol. The molecular formula is C13H21N3OS. The summed E-state index contributed by atoms with van der Waals surface area (Å²) < 4.78 is 5.42. The molecule has 1 N–H and O–H groups in total. The number of nitrogens with one attached hydrogen (secondary N) is 1. The molecule has 4 nitrogen and oxygen atoms in total. The lowest BCUT2D eigenvalue weighted by Crippen LogP contribution is -2.09. The summed E-state index contributed by atoms with van der Waals surface area (Å²) in [5.41, 5.74) is 1.12. The highest BCUT2D eigenvalue weighted by atomic mass is 32.2. The third-order valence-electron chi connectivity index (χ3n) is 3.04. The van der Waals surface area contributed by atoms with Crippen LogP contribution in [0.25, 0.3) is 0 Å². The summed E-state index contributed by atoms with van der Waals surface area (Å²) in [7, 11) is 0. The largest absolute Gasteiger partial charge is 0.381 e. The van der Waals surface area contributed by atoms with Gasteiger partial charge in [-0.05, 0) is 31.8 Å². The number of hydrogen-bond donors (Lipinski definition) is 1. The Labute approximate surface area is 113 Å². The highest BCUT2D eigenvalue weighted by Gasteiger charge is 2.20. The van der Waals surface area contributed by atoms with Crippen LogP contribution in [0.15, 0.2) is 6.07 Å². The van der Waals surface area contributed by atoms with E-state index in [1.165, 1.54) is 5.75 Å². The molecule has 0 radical (unpaired) electrons. The van der Waals surface area contributed by atoms with E-state index in [4.69, 9.17) is 4.74 Å². The van der Waals surface area contributed by atoms with Gasteiger partial charge in [0, 0.05) is 25.1 Å². The van der Waals surface area contributed by atoms with Crippen molar-refractivity contribution in [2.45, 2.75) is 25.7 Å². The topological polar surface area (TPSA) is 47.0 Å². The van der Waals surface area contributed by atoms with Gasteiger partial charge < -0.3 is 10.1 Å². The quantitative estimate of drug-likeness (QED) is 0.802. The Hall–Kier alpha value is -0.810. The lowest BCUT2D eigenvalue weighted by Gasteiger charge is -2.11. The summed E-state index contributed by atoms with van der Waals surface area (Å²) >= 11 is 1.87. The van der Waals surface area contributed by atoms with E-state index in [-0.39, 0.29) is 0 Å². The second kappa shape index (κ2) is 6.95. The maximum Gasteiger partial charge on any atom is 0.129 e. The van der Waals surface area contributed by atoms with Crippen molar-refractivity contribution in [1.82, 2.24) is 9.97 Å². The van der Waals surface area contributed by atoms with E-state index >= 15 is 0 Å². The minimum atomic E-state index is 0.443. The van der Waals surface area contributed by atoms with Gasteiger partial charge >= 0.3 is 0 Å². The summed E-state index contributed by atoms with van der Waals surface area (Å²) in [6.07, 6.45) is 4.36. The second-order valence-corrected chi connectivity index (χ2v) is 5.54. The summed E-state index contributed by atoms with van der Waals surface area (Å²) in [5, 5.41) is 3.38. The van der Waals surface area contributed by atoms with Gasteiger partial charge in [0.2, 0.25) is 0 Å². The lowest BCUT2D eigenvalue weighted by molar-refractivity contribution is 0.193. The van der Waals surface area contributed by atoms with Crippen LogP contribution in [0.4, 0.5) is 5.82 Å². The molecule has 1 aromatic rings. The molecule has 1 aliphatic heterocycles. The van der Waals surface area contributed by atoms with Crippen molar-refractivity contribution in [1.29, 1.82) is 0 Å². The Morgan fingerprint density at radius 2 is 2.39 bits per heavy atom. The smallest absolute Gasteiger partial charge is 0.129 e.